The average Bonchev–Trinajstić information content (AvgIpc) is 2.35. The molecule has 0 spiro atoms. The molecule has 0 bridgehead atoms. The van der Waals surface area contributed by atoms with Crippen molar-refractivity contribution in [3.8, 4) is 0 Å². The summed E-state index contributed by atoms with van der Waals surface area (Å²) >= 11 is 0. The Morgan fingerprint density at radius 1 is 0.833 bits per heavy atom. The van der Waals surface area contributed by atoms with Gasteiger partial charge in [0.1, 0.15) is 5.82 Å². The van der Waals surface area contributed by atoms with Crippen molar-refractivity contribution >= 4 is 0 Å². The van der Waals surface area contributed by atoms with E-state index in [1.807, 2.05) is 12.1 Å². The highest BCUT2D eigenvalue weighted by Crippen LogP contribution is 2.10. The first-order chi connectivity index (χ1) is 8.63. The molecule has 94 valence electrons. The minimum absolute atomic E-state index is 0.181. The molecule has 0 fully saturated rings. The lowest BCUT2D eigenvalue weighted by molar-refractivity contribution is 0.319. The molecule has 18 heavy (non-hydrogen) atoms. The van der Waals surface area contributed by atoms with Crippen LogP contribution in [-0.2, 0) is 13.1 Å². The Bertz CT molecular complexity index is 440. The molecule has 2 aromatic carbocycles. The summed E-state index contributed by atoms with van der Waals surface area (Å²) in [6.45, 7) is 3.82. The van der Waals surface area contributed by atoms with Crippen molar-refractivity contribution in [2.75, 3.05) is 7.05 Å². The maximum atomic E-state index is 12.8. The van der Waals surface area contributed by atoms with Crippen molar-refractivity contribution in [3.63, 3.8) is 0 Å². The number of hydrogen-bond acceptors (Lipinski definition) is 1. The first kappa shape index (κ1) is 12.8. The van der Waals surface area contributed by atoms with Gasteiger partial charge in [0.15, 0.2) is 0 Å². The molecule has 0 heterocycles. The summed E-state index contributed by atoms with van der Waals surface area (Å²) in [6.07, 6.45) is 0. The zero-order valence-electron chi connectivity index (χ0n) is 10.9. The van der Waals surface area contributed by atoms with Crippen molar-refractivity contribution in [1.82, 2.24) is 4.90 Å². The van der Waals surface area contributed by atoms with Gasteiger partial charge in [-0.05, 0) is 37.2 Å². The fourth-order valence-electron chi connectivity index (χ4n) is 1.96. The Kier molecular flexibility index (Phi) is 4.11. The summed E-state index contributed by atoms with van der Waals surface area (Å²) in [7, 11) is 2.07. The standard InChI is InChI=1S/C16H18FN/c1-13-3-5-14(6-4-13)11-18(2)12-15-7-9-16(17)10-8-15/h3-10H,11-12H2,1-2H3. The number of benzene rings is 2. The lowest BCUT2D eigenvalue weighted by atomic mass is 10.1. The molecule has 0 atom stereocenters. The van der Waals surface area contributed by atoms with Crippen LogP contribution in [0, 0.1) is 12.7 Å². The van der Waals surface area contributed by atoms with E-state index in [0.29, 0.717) is 0 Å². The summed E-state index contributed by atoms with van der Waals surface area (Å²) in [6, 6.07) is 15.2. The van der Waals surface area contributed by atoms with Crippen molar-refractivity contribution in [3.05, 3.63) is 71.0 Å². The Balaban J connectivity index is 1.94. The molecule has 0 unspecified atom stereocenters. The second-order valence-corrected chi connectivity index (χ2v) is 4.78. The molecule has 0 N–H and O–H groups in total. The zero-order chi connectivity index (χ0) is 13.0. The van der Waals surface area contributed by atoms with Crippen LogP contribution < -0.4 is 0 Å². The van der Waals surface area contributed by atoms with Crippen LogP contribution >= 0.6 is 0 Å². The number of hydrogen-bond donors (Lipinski definition) is 0. The molecule has 0 amide bonds. The minimum atomic E-state index is -0.181. The Labute approximate surface area is 108 Å². The minimum Gasteiger partial charge on any atom is -0.298 e. The number of nitrogens with zero attached hydrogens (tertiary/aromatic N) is 1. The molecule has 2 heteroatoms. The highest BCUT2D eigenvalue weighted by atomic mass is 19.1. The van der Waals surface area contributed by atoms with E-state index in [9.17, 15) is 4.39 Å². The van der Waals surface area contributed by atoms with Crippen LogP contribution in [-0.4, -0.2) is 11.9 Å². The van der Waals surface area contributed by atoms with Crippen LogP contribution in [0.3, 0.4) is 0 Å². The third kappa shape index (κ3) is 3.67. The Morgan fingerprint density at radius 2 is 1.28 bits per heavy atom. The lowest BCUT2D eigenvalue weighted by Crippen LogP contribution is -2.17. The van der Waals surface area contributed by atoms with E-state index in [4.69, 9.17) is 0 Å². The molecule has 0 saturated carbocycles. The van der Waals surface area contributed by atoms with Crippen molar-refractivity contribution in [2.24, 2.45) is 0 Å². The maximum absolute atomic E-state index is 12.8. The predicted octanol–water partition coefficient (Wildman–Crippen LogP) is 3.77. The average molecular weight is 243 g/mol. The van der Waals surface area contributed by atoms with Crippen molar-refractivity contribution < 1.29 is 4.39 Å². The molecule has 1 nitrogen and oxygen atoms in total. The largest absolute Gasteiger partial charge is 0.298 e. The molecule has 2 aromatic rings. The summed E-state index contributed by atoms with van der Waals surface area (Å²) in [5, 5.41) is 0. The summed E-state index contributed by atoms with van der Waals surface area (Å²) in [5.41, 5.74) is 3.70. The third-order valence-electron chi connectivity index (χ3n) is 2.94. The van der Waals surface area contributed by atoms with Crippen LogP contribution in [0.1, 0.15) is 16.7 Å². The molecule has 0 radical (unpaired) electrons. The van der Waals surface area contributed by atoms with Gasteiger partial charge in [0, 0.05) is 13.1 Å². The van der Waals surface area contributed by atoms with Crippen LogP contribution in [0.2, 0.25) is 0 Å². The SMILES string of the molecule is Cc1ccc(CN(C)Cc2ccc(F)cc2)cc1. The molecule has 0 saturated heterocycles. The van der Waals surface area contributed by atoms with E-state index >= 15 is 0 Å². The maximum Gasteiger partial charge on any atom is 0.123 e. The van der Waals surface area contributed by atoms with E-state index < -0.39 is 0 Å². The van der Waals surface area contributed by atoms with E-state index in [-0.39, 0.29) is 5.82 Å². The van der Waals surface area contributed by atoms with Crippen LogP contribution in [0.5, 0.6) is 0 Å². The molecule has 0 aliphatic carbocycles. The van der Waals surface area contributed by atoms with E-state index in [1.54, 1.807) is 0 Å². The molecule has 0 aromatic heterocycles. The van der Waals surface area contributed by atoms with Gasteiger partial charge < -0.3 is 0 Å². The molecule has 0 aliphatic rings. The van der Waals surface area contributed by atoms with Gasteiger partial charge in [0.25, 0.3) is 0 Å². The van der Waals surface area contributed by atoms with Gasteiger partial charge in [0.2, 0.25) is 0 Å². The summed E-state index contributed by atoms with van der Waals surface area (Å²) < 4.78 is 12.8. The monoisotopic (exact) mass is 243 g/mol. The van der Waals surface area contributed by atoms with Crippen molar-refractivity contribution in [1.29, 1.82) is 0 Å². The Morgan fingerprint density at radius 3 is 1.78 bits per heavy atom. The van der Waals surface area contributed by atoms with Crippen LogP contribution in [0.4, 0.5) is 4.39 Å². The molecular weight excluding hydrogens is 225 g/mol. The summed E-state index contributed by atoms with van der Waals surface area (Å²) in [5.74, 6) is -0.181. The van der Waals surface area contributed by atoms with E-state index in [2.05, 4.69) is 43.1 Å². The van der Waals surface area contributed by atoms with Gasteiger partial charge in [-0.2, -0.15) is 0 Å². The van der Waals surface area contributed by atoms with Gasteiger partial charge in [-0.3, -0.25) is 4.90 Å². The van der Waals surface area contributed by atoms with Gasteiger partial charge in [0.05, 0.1) is 0 Å². The number of aryl methyl sites for hydroxylation is 1. The van der Waals surface area contributed by atoms with Crippen LogP contribution in [0.25, 0.3) is 0 Å². The molecule has 0 aliphatic heterocycles. The highest BCUT2D eigenvalue weighted by molar-refractivity contribution is 5.21. The highest BCUT2D eigenvalue weighted by Gasteiger charge is 2.02. The smallest absolute Gasteiger partial charge is 0.123 e. The topological polar surface area (TPSA) is 3.24 Å². The predicted molar refractivity (Wildman–Crippen MR) is 72.8 cm³/mol. The normalized spacial score (nSPS) is 10.9. The second kappa shape index (κ2) is 5.78. The van der Waals surface area contributed by atoms with Gasteiger partial charge >= 0.3 is 0 Å². The lowest BCUT2D eigenvalue weighted by Gasteiger charge is -2.17. The fraction of sp³-hybridized carbons (Fsp3) is 0.250. The first-order valence-corrected chi connectivity index (χ1v) is 6.12. The van der Waals surface area contributed by atoms with Crippen molar-refractivity contribution in [2.45, 2.75) is 20.0 Å². The summed E-state index contributed by atoms with van der Waals surface area (Å²) in [4.78, 5) is 2.22. The van der Waals surface area contributed by atoms with E-state index in [0.717, 1.165) is 18.7 Å². The first-order valence-electron chi connectivity index (χ1n) is 6.12. The quantitative estimate of drug-likeness (QED) is 0.790. The number of halogens is 1. The third-order valence-corrected chi connectivity index (χ3v) is 2.94. The van der Waals surface area contributed by atoms with Gasteiger partial charge in [-0.1, -0.05) is 42.0 Å². The molecule has 2 rings (SSSR count). The van der Waals surface area contributed by atoms with Gasteiger partial charge in [-0.15, -0.1) is 0 Å². The van der Waals surface area contributed by atoms with Gasteiger partial charge in [-0.25, -0.2) is 4.39 Å². The molecular formula is C16H18FN. The van der Waals surface area contributed by atoms with Crippen LogP contribution in [0.15, 0.2) is 48.5 Å². The Hall–Kier alpha value is -1.67. The zero-order valence-corrected chi connectivity index (χ0v) is 10.9. The fourth-order valence-corrected chi connectivity index (χ4v) is 1.96. The van der Waals surface area contributed by atoms with E-state index in [1.165, 1.54) is 23.3 Å². The second-order valence-electron chi connectivity index (χ2n) is 4.78. The number of rotatable bonds is 4.